The summed E-state index contributed by atoms with van der Waals surface area (Å²) < 4.78 is 0. The summed E-state index contributed by atoms with van der Waals surface area (Å²) in [6.07, 6.45) is 1.66. The topological polar surface area (TPSA) is 66.5 Å². The number of anilines is 1. The third-order valence-corrected chi connectivity index (χ3v) is 3.54. The number of hydrogen-bond acceptors (Lipinski definition) is 5. The molecule has 0 saturated heterocycles. The Bertz CT molecular complexity index is 494. The zero-order valence-corrected chi connectivity index (χ0v) is 11.1. The molecular formula is C11H17N5S. The lowest BCUT2D eigenvalue weighted by atomic mass is 10.3. The summed E-state index contributed by atoms with van der Waals surface area (Å²) in [5, 5.41) is 4.10. The van der Waals surface area contributed by atoms with E-state index in [0.717, 1.165) is 28.5 Å². The van der Waals surface area contributed by atoms with Crippen molar-refractivity contribution in [1.29, 1.82) is 0 Å². The molecule has 2 aromatic rings. The van der Waals surface area contributed by atoms with Gasteiger partial charge in [0.25, 0.3) is 0 Å². The largest absolute Gasteiger partial charge is 0.354 e. The molecule has 5 nitrogen and oxygen atoms in total. The van der Waals surface area contributed by atoms with Gasteiger partial charge in [-0.15, -0.1) is 11.8 Å². The number of rotatable bonds is 5. The Labute approximate surface area is 105 Å². The molecule has 17 heavy (non-hydrogen) atoms. The Kier molecular flexibility index (Phi) is 3.83. The fraction of sp³-hybridized carbons (Fsp3) is 0.545. The predicted molar refractivity (Wildman–Crippen MR) is 71.4 cm³/mol. The van der Waals surface area contributed by atoms with Crippen molar-refractivity contribution < 1.29 is 0 Å². The predicted octanol–water partition coefficient (Wildman–Crippen LogP) is 2.53. The highest BCUT2D eigenvalue weighted by Gasteiger charge is 2.10. The minimum atomic E-state index is 0.635. The van der Waals surface area contributed by atoms with Gasteiger partial charge in [0.15, 0.2) is 5.65 Å². The van der Waals surface area contributed by atoms with E-state index >= 15 is 0 Å². The first kappa shape index (κ1) is 12.2. The first-order valence-electron chi connectivity index (χ1n) is 5.78. The lowest BCUT2D eigenvalue weighted by Crippen LogP contribution is -2.03. The minimum absolute atomic E-state index is 0.635. The standard InChI is InChI=1S/C11H17N5S/c1-4-12-11-15-9-8(13-6-14-9)10(16-11)17-5-7(2)3/h6-7H,4-5H2,1-3H3,(H2,12,13,14,15,16). The third-order valence-electron chi connectivity index (χ3n) is 2.14. The fourth-order valence-electron chi connectivity index (χ4n) is 1.39. The molecule has 0 aromatic carbocycles. The second-order valence-corrected chi connectivity index (χ2v) is 5.20. The fourth-order valence-corrected chi connectivity index (χ4v) is 2.33. The van der Waals surface area contributed by atoms with E-state index in [1.807, 2.05) is 6.92 Å². The molecule has 2 heterocycles. The van der Waals surface area contributed by atoms with Gasteiger partial charge >= 0.3 is 0 Å². The summed E-state index contributed by atoms with van der Waals surface area (Å²) in [6, 6.07) is 0. The third kappa shape index (κ3) is 2.88. The van der Waals surface area contributed by atoms with Gasteiger partial charge in [-0.3, -0.25) is 0 Å². The molecule has 0 unspecified atom stereocenters. The Morgan fingerprint density at radius 2 is 2.24 bits per heavy atom. The van der Waals surface area contributed by atoms with Gasteiger partial charge in [0.1, 0.15) is 10.5 Å². The summed E-state index contributed by atoms with van der Waals surface area (Å²) in [7, 11) is 0. The average Bonchev–Trinajstić information content (AvgIpc) is 2.74. The van der Waals surface area contributed by atoms with Gasteiger partial charge in [0, 0.05) is 12.3 Å². The van der Waals surface area contributed by atoms with Crippen LogP contribution in [-0.4, -0.2) is 32.2 Å². The number of H-pyrrole nitrogens is 1. The van der Waals surface area contributed by atoms with E-state index in [1.54, 1.807) is 18.1 Å². The number of imidazole rings is 1. The van der Waals surface area contributed by atoms with Gasteiger partial charge in [0.05, 0.1) is 6.33 Å². The average molecular weight is 251 g/mol. The lowest BCUT2D eigenvalue weighted by Gasteiger charge is -2.07. The molecule has 2 aromatic heterocycles. The second-order valence-electron chi connectivity index (χ2n) is 4.19. The van der Waals surface area contributed by atoms with Crippen molar-refractivity contribution in [2.75, 3.05) is 17.6 Å². The van der Waals surface area contributed by atoms with Crippen molar-refractivity contribution in [2.45, 2.75) is 25.8 Å². The first-order chi connectivity index (χ1) is 8.20. The van der Waals surface area contributed by atoms with Crippen LogP contribution in [0.2, 0.25) is 0 Å². The van der Waals surface area contributed by atoms with Gasteiger partial charge in [-0.2, -0.15) is 4.98 Å². The molecule has 0 aliphatic heterocycles. The van der Waals surface area contributed by atoms with Crippen LogP contribution in [0.1, 0.15) is 20.8 Å². The zero-order chi connectivity index (χ0) is 12.3. The van der Waals surface area contributed by atoms with Crippen LogP contribution in [0, 0.1) is 5.92 Å². The van der Waals surface area contributed by atoms with Crippen molar-refractivity contribution >= 4 is 28.9 Å². The molecule has 0 fully saturated rings. The van der Waals surface area contributed by atoms with Crippen molar-refractivity contribution in [3.8, 4) is 0 Å². The number of thioether (sulfide) groups is 1. The van der Waals surface area contributed by atoms with Crippen molar-refractivity contribution in [3.05, 3.63) is 6.33 Å². The van der Waals surface area contributed by atoms with Crippen LogP contribution >= 0.6 is 11.8 Å². The van der Waals surface area contributed by atoms with E-state index in [2.05, 4.69) is 39.1 Å². The van der Waals surface area contributed by atoms with E-state index < -0.39 is 0 Å². The number of nitrogens with zero attached hydrogens (tertiary/aromatic N) is 3. The molecule has 2 N–H and O–H groups in total. The zero-order valence-electron chi connectivity index (χ0n) is 10.3. The summed E-state index contributed by atoms with van der Waals surface area (Å²) >= 11 is 1.74. The van der Waals surface area contributed by atoms with Gasteiger partial charge in [-0.1, -0.05) is 13.8 Å². The first-order valence-corrected chi connectivity index (χ1v) is 6.77. The maximum Gasteiger partial charge on any atom is 0.225 e. The molecule has 0 radical (unpaired) electrons. The smallest absolute Gasteiger partial charge is 0.225 e. The van der Waals surface area contributed by atoms with Crippen molar-refractivity contribution in [1.82, 2.24) is 19.9 Å². The monoisotopic (exact) mass is 251 g/mol. The highest BCUT2D eigenvalue weighted by molar-refractivity contribution is 7.99. The van der Waals surface area contributed by atoms with Crippen LogP contribution in [-0.2, 0) is 0 Å². The molecule has 0 aliphatic rings. The van der Waals surface area contributed by atoms with Crippen LogP contribution in [0.25, 0.3) is 11.2 Å². The Morgan fingerprint density at radius 3 is 2.94 bits per heavy atom. The number of aromatic amines is 1. The quantitative estimate of drug-likeness (QED) is 0.631. The van der Waals surface area contributed by atoms with Gasteiger partial charge in [-0.25, -0.2) is 9.97 Å². The number of fused-ring (bicyclic) bond motifs is 1. The Balaban J connectivity index is 2.32. The normalized spacial score (nSPS) is 11.3. The van der Waals surface area contributed by atoms with Crippen molar-refractivity contribution in [2.24, 2.45) is 5.92 Å². The van der Waals surface area contributed by atoms with E-state index in [-0.39, 0.29) is 0 Å². The lowest BCUT2D eigenvalue weighted by molar-refractivity contribution is 0.749. The Hall–Kier alpha value is -1.30. The highest BCUT2D eigenvalue weighted by atomic mass is 32.2. The van der Waals surface area contributed by atoms with Crippen LogP contribution in [0.5, 0.6) is 0 Å². The van der Waals surface area contributed by atoms with Crippen molar-refractivity contribution in [3.63, 3.8) is 0 Å². The number of aromatic nitrogens is 4. The molecule has 0 spiro atoms. The van der Waals surface area contributed by atoms with Crippen LogP contribution in [0.3, 0.4) is 0 Å². The van der Waals surface area contributed by atoms with Gasteiger partial charge < -0.3 is 10.3 Å². The molecular weight excluding hydrogens is 234 g/mol. The molecule has 2 rings (SSSR count). The second kappa shape index (κ2) is 5.35. The van der Waals surface area contributed by atoms with Crippen LogP contribution in [0.4, 0.5) is 5.95 Å². The maximum absolute atomic E-state index is 4.50. The maximum atomic E-state index is 4.50. The molecule has 6 heteroatoms. The summed E-state index contributed by atoms with van der Waals surface area (Å²) in [5.41, 5.74) is 1.65. The number of hydrogen-bond donors (Lipinski definition) is 2. The van der Waals surface area contributed by atoms with E-state index in [0.29, 0.717) is 11.9 Å². The minimum Gasteiger partial charge on any atom is -0.354 e. The molecule has 0 amide bonds. The van der Waals surface area contributed by atoms with E-state index in [4.69, 9.17) is 0 Å². The number of nitrogens with one attached hydrogen (secondary N) is 2. The molecule has 0 saturated carbocycles. The molecule has 0 atom stereocenters. The van der Waals surface area contributed by atoms with E-state index in [9.17, 15) is 0 Å². The molecule has 0 bridgehead atoms. The summed E-state index contributed by atoms with van der Waals surface area (Å²) in [6.45, 7) is 7.23. The van der Waals surface area contributed by atoms with Crippen LogP contribution < -0.4 is 5.32 Å². The van der Waals surface area contributed by atoms with Gasteiger partial charge in [0.2, 0.25) is 5.95 Å². The summed E-state index contributed by atoms with van der Waals surface area (Å²) in [4.78, 5) is 16.1. The highest BCUT2D eigenvalue weighted by Crippen LogP contribution is 2.25. The summed E-state index contributed by atoms with van der Waals surface area (Å²) in [5.74, 6) is 2.32. The Morgan fingerprint density at radius 1 is 1.41 bits per heavy atom. The van der Waals surface area contributed by atoms with Crippen LogP contribution in [0.15, 0.2) is 11.4 Å². The molecule has 92 valence electrons. The van der Waals surface area contributed by atoms with E-state index in [1.165, 1.54) is 0 Å². The molecule has 0 aliphatic carbocycles. The SMILES string of the molecule is CCNc1nc(SCC(C)C)c2[nH]cnc2n1. The van der Waals surface area contributed by atoms with Gasteiger partial charge in [-0.05, 0) is 12.8 Å².